The molecule has 0 saturated carbocycles. The van der Waals surface area contributed by atoms with Crippen molar-refractivity contribution in [2.75, 3.05) is 13.7 Å². The average molecular weight is 365 g/mol. The van der Waals surface area contributed by atoms with Gasteiger partial charge in [-0.25, -0.2) is 4.39 Å². The van der Waals surface area contributed by atoms with Gasteiger partial charge in [0.1, 0.15) is 5.82 Å². The molecular formula is C19H18F3NO3. The number of methoxy groups -OCH3 is 1. The first-order valence-corrected chi connectivity index (χ1v) is 7.81. The van der Waals surface area contributed by atoms with E-state index in [0.717, 1.165) is 0 Å². The van der Waals surface area contributed by atoms with Crippen LogP contribution in [0.15, 0.2) is 48.5 Å². The van der Waals surface area contributed by atoms with Crippen LogP contribution in [0.4, 0.5) is 13.2 Å². The molecular weight excluding hydrogens is 347 g/mol. The summed E-state index contributed by atoms with van der Waals surface area (Å²) in [5, 5.41) is 2.68. The molecule has 1 N–H and O–H groups in total. The monoisotopic (exact) mass is 365 g/mol. The van der Waals surface area contributed by atoms with E-state index in [9.17, 15) is 18.0 Å². The SMILES string of the molecule is COc1ccc(CCNC(=O)/C=C/c2ccc(F)cc2)cc1OC(F)F. The summed E-state index contributed by atoms with van der Waals surface area (Å²) in [5.74, 6) is -0.504. The van der Waals surface area contributed by atoms with Crippen molar-refractivity contribution in [1.82, 2.24) is 5.32 Å². The zero-order valence-corrected chi connectivity index (χ0v) is 14.0. The summed E-state index contributed by atoms with van der Waals surface area (Å²) in [6.45, 7) is -2.64. The van der Waals surface area contributed by atoms with Gasteiger partial charge in [-0.1, -0.05) is 18.2 Å². The van der Waals surface area contributed by atoms with Gasteiger partial charge in [0.05, 0.1) is 7.11 Å². The molecule has 0 unspecified atom stereocenters. The molecule has 2 aromatic carbocycles. The molecule has 0 aliphatic carbocycles. The summed E-state index contributed by atoms with van der Waals surface area (Å²) < 4.78 is 47.0. The number of hydrogen-bond acceptors (Lipinski definition) is 3. The number of nitrogens with one attached hydrogen (secondary N) is 1. The number of rotatable bonds is 8. The molecule has 2 rings (SSSR count). The summed E-state index contributed by atoms with van der Waals surface area (Å²) in [6, 6.07) is 10.4. The lowest BCUT2D eigenvalue weighted by molar-refractivity contribution is -0.116. The van der Waals surface area contributed by atoms with E-state index in [0.29, 0.717) is 24.1 Å². The maximum atomic E-state index is 12.8. The van der Waals surface area contributed by atoms with Crippen molar-refractivity contribution in [3.05, 3.63) is 65.5 Å². The number of carbonyl (C=O) groups is 1. The highest BCUT2D eigenvalue weighted by atomic mass is 19.3. The summed E-state index contributed by atoms with van der Waals surface area (Å²) in [6.07, 6.45) is 3.34. The first-order chi connectivity index (χ1) is 12.5. The largest absolute Gasteiger partial charge is 0.493 e. The van der Waals surface area contributed by atoms with Gasteiger partial charge in [-0.05, 0) is 47.9 Å². The normalized spacial score (nSPS) is 11.0. The minimum absolute atomic E-state index is 0.0532. The van der Waals surface area contributed by atoms with Crippen LogP contribution >= 0.6 is 0 Å². The zero-order chi connectivity index (χ0) is 18.9. The fourth-order valence-electron chi connectivity index (χ4n) is 2.20. The van der Waals surface area contributed by atoms with Crippen molar-refractivity contribution in [3.8, 4) is 11.5 Å². The van der Waals surface area contributed by atoms with Crippen molar-refractivity contribution in [2.24, 2.45) is 0 Å². The van der Waals surface area contributed by atoms with Gasteiger partial charge in [0.15, 0.2) is 11.5 Å². The Morgan fingerprint density at radius 2 is 1.88 bits per heavy atom. The lowest BCUT2D eigenvalue weighted by Gasteiger charge is -2.11. The quantitative estimate of drug-likeness (QED) is 0.724. The second-order valence-corrected chi connectivity index (χ2v) is 5.29. The number of hydrogen-bond donors (Lipinski definition) is 1. The van der Waals surface area contributed by atoms with Crippen LogP contribution in [-0.2, 0) is 11.2 Å². The van der Waals surface area contributed by atoms with Crippen LogP contribution in [0.2, 0.25) is 0 Å². The van der Waals surface area contributed by atoms with E-state index >= 15 is 0 Å². The standard InChI is InChI=1S/C19H18F3NO3/c1-25-16-8-4-14(12-17(16)26-19(21)22)10-11-23-18(24)9-5-13-2-6-15(20)7-3-13/h2-9,12,19H,10-11H2,1H3,(H,23,24)/b9-5+. The van der Waals surface area contributed by atoms with Crippen LogP contribution in [0, 0.1) is 5.82 Å². The van der Waals surface area contributed by atoms with Crippen LogP contribution in [0.25, 0.3) is 6.08 Å². The molecule has 0 spiro atoms. The highest BCUT2D eigenvalue weighted by Crippen LogP contribution is 2.29. The Morgan fingerprint density at radius 3 is 2.54 bits per heavy atom. The van der Waals surface area contributed by atoms with E-state index < -0.39 is 6.61 Å². The molecule has 138 valence electrons. The average Bonchev–Trinajstić information content (AvgIpc) is 2.61. The number of halogens is 3. The van der Waals surface area contributed by atoms with Gasteiger partial charge in [-0.3, -0.25) is 4.79 Å². The van der Waals surface area contributed by atoms with Crippen molar-refractivity contribution >= 4 is 12.0 Å². The number of ether oxygens (including phenoxy) is 2. The van der Waals surface area contributed by atoms with Crippen LogP contribution in [-0.4, -0.2) is 26.2 Å². The first kappa shape index (κ1) is 19.4. The molecule has 0 atom stereocenters. The fraction of sp³-hybridized carbons (Fsp3) is 0.211. The van der Waals surface area contributed by atoms with Crippen LogP contribution in [0.3, 0.4) is 0 Å². The lowest BCUT2D eigenvalue weighted by Crippen LogP contribution is -2.23. The molecule has 0 radical (unpaired) electrons. The van der Waals surface area contributed by atoms with Gasteiger partial charge >= 0.3 is 6.61 Å². The molecule has 0 aliphatic heterocycles. The summed E-state index contributed by atoms with van der Waals surface area (Å²) >= 11 is 0. The Kier molecular flexibility index (Phi) is 7.08. The second-order valence-electron chi connectivity index (χ2n) is 5.29. The Morgan fingerprint density at radius 1 is 1.15 bits per heavy atom. The molecule has 1 amide bonds. The topological polar surface area (TPSA) is 47.6 Å². The summed E-state index contributed by atoms with van der Waals surface area (Å²) in [5.41, 5.74) is 1.41. The third-order valence-corrected chi connectivity index (χ3v) is 3.45. The fourth-order valence-corrected chi connectivity index (χ4v) is 2.20. The van der Waals surface area contributed by atoms with E-state index in [2.05, 4.69) is 10.1 Å². The number of benzene rings is 2. The molecule has 0 bridgehead atoms. The number of carbonyl (C=O) groups excluding carboxylic acids is 1. The predicted molar refractivity (Wildman–Crippen MR) is 91.8 cm³/mol. The molecule has 4 nitrogen and oxygen atoms in total. The van der Waals surface area contributed by atoms with Crippen molar-refractivity contribution < 1.29 is 27.4 Å². The van der Waals surface area contributed by atoms with Crippen molar-refractivity contribution in [2.45, 2.75) is 13.0 Å². The van der Waals surface area contributed by atoms with E-state index in [4.69, 9.17) is 4.74 Å². The maximum Gasteiger partial charge on any atom is 0.387 e. The highest BCUT2D eigenvalue weighted by molar-refractivity contribution is 5.91. The molecule has 2 aromatic rings. The minimum Gasteiger partial charge on any atom is -0.493 e. The van der Waals surface area contributed by atoms with Gasteiger partial charge < -0.3 is 14.8 Å². The van der Waals surface area contributed by atoms with E-state index in [1.807, 2.05) is 0 Å². The van der Waals surface area contributed by atoms with Gasteiger partial charge in [-0.2, -0.15) is 8.78 Å². The van der Waals surface area contributed by atoms with Crippen molar-refractivity contribution in [3.63, 3.8) is 0 Å². The first-order valence-electron chi connectivity index (χ1n) is 7.81. The van der Waals surface area contributed by atoms with Gasteiger partial charge in [0, 0.05) is 12.6 Å². The maximum absolute atomic E-state index is 12.8. The van der Waals surface area contributed by atoms with Crippen LogP contribution in [0.5, 0.6) is 11.5 Å². The second kappa shape index (κ2) is 9.50. The Balaban J connectivity index is 1.86. The van der Waals surface area contributed by atoms with E-state index in [1.165, 1.54) is 37.5 Å². The van der Waals surface area contributed by atoms with E-state index in [-0.39, 0.29) is 23.2 Å². The molecule has 26 heavy (non-hydrogen) atoms. The molecule has 0 aromatic heterocycles. The lowest BCUT2D eigenvalue weighted by atomic mass is 10.1. The molecule has 0 saturated heterocycles. The molecule has 0 aliphatic rings. The number of alkyl halides is 2. The zero-order valence-electron chi connectivity index (χ0n) is 14.0. The van der Waals surface area contributed by atoms with Crippen LogP contribution in [0.1, 0.15) is 11.1 Å². The van der Waals surface area contributed by atoms with Crippen molar-refractivity contribution in [1.29, 1.82) is 0 Å². The number of amides is 1. The van der Waals surface area contributed by atoms with E-state index in [1.54, 1.807) is 24.3 Å². The third-order valence-electron chi connectivity index (χ3n) is 3.45. The smallest absolute Gasteiger partial charge is 0.387 e. The molecule has 0 heterocycles. The third kappa shape index (κ3) is 6.16. The molecule has 7 heteroatoms. The summed E-state index contributed by atoms with van der Waals surface area (Å²) in [7, 11) is 1.36. The minimum atomic E-state index is -2.95. The van der Waals surface area contributed by atoms with Gasteiger partial charge in [-0.15, -0.1) is 0 Å². The van der Waals surface area contributed by atoms with Gasteiger partial charge in [0.2, 0.25) is 5.91 Å². The predicted octanol–water partition coefficient (Wildman–Crippen LogP) is 3.81. The Hall–Kier alpha value is -2.96. The highest BCUT2D eigenvalue weighted by Gasteiger charge is 2.11. The summed E-state index contributed by atoms with van der Waals surface area (Å²) in [4.78, 5) is 11.8. The van der Waals surface area contributed by atoms with Crippen LogP contribution < -0.4 is 14.8 Å². The Labute approximate surface area is 149 Å². The molecule has 0 fully saturated rings. The Bertz CT molecular complexity index is 761. The van der Waals surface area contributed by atoms with Gasteiger partial charge in [0.25, 0.3) is 0 Å².